The maximum atomic E-state index is 12.7. The summed E-state index contributed by atoms with van der Waals surface area (Å²) in [5.74, 6) is -0.302. The number of hydrogen-bond donors (Lipinski definition) is 3. The van der Waals surface area contributed by atoms with Crippen LogP contribution in [0, 0.1) is 5.82 Å². The maximum absolute atomic E-state index is 12.7. The molecule has 1 saturated carbocycles. The zero-order valence-corrected chi connectivity index (χ0v) is 9.86. The normalized spacial score (nSPS) is 29.8. The number of aliphatic hydroxyl groups excluding tert-OH is 1. The minimum atomic E-state index is -0.638. The van der Waals surface area contributed by atoms with Crippen LogP contribution in [0.3, 0.4) is 0 Å². The Balaban J connectivity index is 1.78. The zero-order valence-electron chi connectivity index (χ0n) is 9.86. The topological polar surface area (TPSA) is 52.5 Å². The second-order valence-corrected chi connectivity index (χ2v) is 5.08. The lowest BCUT2D eigenvalue weighted by molar-refractivity contribution is -0.0413. The molecule has 0 bridgehead atoms. The minimum Gasteiger partial charge on any atom is -0.390 e. The number of benzene rings is 1. The third kappa shape index (κ3) is 3.25. The van der Waals surface area contributed by atoms with Gasteiger partial charge in [-0.05, 0) is 37.5 Å². The molecule has 4 heteroatoms. The largest absolute Gasteiger partial charge is 0.390 e. The molecule has 1 aliphatic carbocycles. The molecule has 17 heavy (non-hydrogen) atoms. The first-order valence-corrected chi connectivity index (χ1v) is 5.85. The standard InChI is InChI=1S/C13H18FNO2/c1-13(17)6-11(7-13)15-8-12(16)9-2-4-10(14)5-3-9/h2-5,11-12,15-17H,6-8H2,1H3. The van der Waals surface area contributed by atoms with Crippen LogP contribution >= 0.6 is 0 Å². The van der Waals surface area contributed by atoms with Crippen LogP contribution in [0.1, 0.15) is 31.4 Å². The Morgan fingerprint density at radius 3 is 2.53 bits per heavy atom. The van der Waals surface area contributed by atoms with Gasteiger partial charge in [-0.15, -0.1) is 0 Å². The summed E-state index contributed by atoms with van der Waals surface area (Å²) in [6, 6.07) is 6.11. The van der Waals surface area contributed by atoms with E-state index in [1.54, 1.807) is 12.1 Å². The number of halogens is 1. The highest BCUT2D eigenvalue weighted by molar-refractivity contribution is 5.18. The monoisotopic (exact) mass is 239 g/mol. The Kier molecular flexibility index (Phi) is 3.47. The molecule has 1 aromatic carbocycles. The molecule has 0 heterocycles. The molecular formula is C13H18FNO2. The van der Waals surface area contributed by atoms with Crippen molar-refractivity contribution in [2.24, 2.45) is 0 Å². The molecule has 94 valence electrons. The average molecular weight is 239 g/mol. The van der Waals surface area contributed by atoms with Crippen LogP contribution in [0.25, 0.3) is 0 Å². The van der Waals surface area contributed by atoms with E-state index >= 15 is 0 Å². The molecule has 1 atom stereocenters. The molecule has 1 unspecified atom stereocenters. The van der Waals surface area contributed by atoms with Crippen LogP contribution < -0.4 is 5.32 Å². The highest BCUT2D eigenvalue weighted by atomic mass is 19.1. The lowest BCUT2D eigenvalue weighted by Gasteiger charge is -2.41. The predicted octanol–water partition coefficient (Wildman–Crippen LogP) is 1.36. The lowest BCUT2D eigenvalue weighted by atomic mass is 9.77. The van der Waals surface area contributed by atoms with Gasteiger partial charge in [0, 0.05) is 12.6 Å². The van der Waals surface area contributed by atoms with Crippen LogP contribution in [0.4, 0.5) is 4.39 Å². The third-order valence-corrected chi connectivity index (χ3v) is 3.23. The Bertz CT molecular complexity index is 370. The fourth-order valence-corrected chi connectivity index (χ4v) is 2.23. The SMILES string of the molecule is CC1(O)CC(NCC(O)c2ccc(F)cc2)C1. The number of nitrogens with one attached hydrogen (secondary N) is 1. The molecule has 0 aliphatic heterocycles. The summed E-state index contributed by atoms with van der Waals surface area (Å²) in [6.45, 7) is 2.23. The van der Waals surface area contributed by atoms with E-state index in [0.717, 1.165) is 0 Å². The van der Waals surface area contributed by atoms with E-state index in [-0.39, 0.29) is 11.9 Å². The smallest absolute Gasteiger partial charge is 0.123 e. The van der Waals surface area contributed by atoms with Crippen molar-refractivity contribution in [2.45, 2.75) is 37.5 Å². The summed E-state index contributed by atoms with van der Waals surface area (Å²) in [7, 11) is 0. The fourth-order valence-electron chi connectivity index (χ4n) is 2.23. The van der Waals surface area contributed by atoms with Gasteiger partial charge in [0.25, 0.3) is 0 Å². The molecule has 0 amide bonds. The summed E-state index contributed by atoms with van der Waals surface area (Å²) in [6.07, 6.45) is 0.785. The second-order valence-electron chi connectivity index (χ2n) is 5.08. The highest BCUT2D eigenvalue weighted by Gasteiger charge is 2.37. The Morgan fingerprint density at radius 2 is 2.00 bits per heavy atom. The quantitative estimate of drug-likeness (QED) is 0.743. The first kappa shape index (κ1) is 12.5. The molecule has 1 aliphatic rings. The van der Waals surface area contributed by atoms with E-state index in [9.17, 15) is 14.6 Å². The Labute approximate surface area is 100 Å². The molecule has 3 nitrogen and oxygen atoms in total. The Hall–Kier alpha value is -0.970. The lowest BCUT2D eigenvalue weighted by Crippen LogP contribution is -2.52. The van der Waals surface area contributed by atoms with Gasteiger partial charge < -0.3 is 15.5 Å². The average Bonchev–Trinajstić information content (AvgIpc) is 2.24. The van der Waals surface area contributed by atoms with Gasteiger partial charge >= 0.3 is 0 Å². The van der Waals surface area contributed by atoms with Gasteiger partial charge in [-0.1, -0.05) is 12.1 Å². The van der Waals surface area contributed by atoms with Gasteiger partial charge in [0.15, 0.2) is 0 Å². The predicted molar refractivity (Wildman–Crippen MR) is 63.0 cm³/mol. The molecule has 1 aromatic rings. The summed E-state index contributed by atoms with van der Waals surface area (Å²) < 4.78 is 12.7. The molecule has 0 saturated heterocycles. The van der Waals surface area contributed by atoms with Gasteiger partial charge in [-0.3, -0.25) is 0 Å². The summed E-state index contributed by atoms with van der Waals surface area (Å²) in [4.78, 5) is 0. The fraction of sp³-hybridized carbons (Fsp3) is 0.538. The first-order valence-electron chi connectivity index (χ1n) is 5.85. The van der Waals surface area contributed by atoms with E-state index < -0.39 is 11.7 Å². The number of aliphatic hydroxyl groups is 2. The zero-order chi connectivity index (χ0) is 12.5. The van der Waals surface area contributed by atoms with Crippen molar-refractivity contribution < 1.29 is 14.6 Å². The summed E-state index contributed by atoms with van der Waals surface area (Å²) in [5.41, 5.74) is 0.142. The Morgan fingerprint density at radius 1 is 1.41 bits per heavy atom. The van der Waals surface area contributed by atoms with Gasteiger partial charge in [-0.2, -0.15) is 0 Å². The van der Waals surface area contributed by atoms with Gasteiger partial charge in [0.1, 0.15) is 5.82 Å². The van der Waals surface area contributed by atoms with Crippen LogP contribution in [-0.2, 0) is 0 Å². The number of rotatable bonds is 4. The molecule has 0 radical (unpaired) electrons. The van der Waals surface area contributed by atoms with Crippen LogP contribution in [0.15, 0.2) is 24.3 Å². The van der Waals surface area contributed by atoms with Crippen molar-refractivity contribution in [3.8, 4) is 0 Å². The maximum Gasteiger partial charge on any atom is 0.123 e. The van der Waals surface area contributed by atoms with E-state index in [0.29, 0.717) is 24.9 Å². The van der Waals surface area contributed by atoms with Crippen molar-refractivity contribution in [3.05, 3.63) is 35.6 Å². The van der Waals surface area contributed by atoms with Crippen molar-refractivity contribution in [2.75, 3.05) is 6.54 Å². The van der Waals surface area contributed by atoms with Crippen molar-refractivity contribution in [3.63, 3.8) is 0 Å². The van der Waals surface area contributed by atoms with E-state index in [4.69, 9.17) is 0 Å². The van der Waals surface area contributed by atoms with E-state index in [2.05, 4.69) is 5.32 Å². The second kappa shape index (κ2) is 4.72. The number of hydrogen-bond acceptors (Lipinski definition) is 3. The van der Waals surface area contributed by atoms with Crippen LogP contribution in [0.2, 0.25) is 0 Å². The van der Waals surface area contributed by atoms with Gasteiger partial charge in [-0.25, -0.2) is 4.39 Å². The van der Waals surface area contributed by atoms with Crippen LogP contribution in [0.5, 0.6) is 0 Å². The summed E-state index contributed by atoms with van der Waals surface area (Å²) >= 11 is 0. The molecule has 2 rings (SSSR count). The van der Waals surface area contributed by atoms with Crippen molar-refractivity contribution in [1.82, 2.24) is 5.32 Å². The molecule has 1 fully saturated rings. The van der Waals surface area contributed by atoms with Crippen molar-refractivity contribution >= 4 is 0 Å². The van der Waals surface area contributed by atoms with E-state index in [1.165, 1.54) is 12.1 Å². The molecule has 3 N–H and O–H groups in total. The molecule has 0 spiro atoms. The minimum absolute atomic E-state index is 0.264. The van der Waals surface area contributed by atoms with E-state index in [1.807, 2.05) is 6.92 Å². The first-order chi connectivity index (χ1) is 7.96. The molecular weight excluding hydrogens is 221 g/mol. The van der Waals surface area contributed by atoms with Gasteiger partial charge in [0.2, 0.25) is 0 Å². The van der Waals surface area contributed by atoms with Crippen LogP contribution in [-0.4, -0.2) is 28.4 Å². The van der Waals surface area contributed by atoms with Crippen molar-refractivity contribution in [1.29, 1.82) is 0 Å². The molecule has 0 aromatic heterocycles. The van der Waals surface area contributed by atoms with Gasteiger partial charge in [0.05, 0.1) is 11.7 Å². The highest BCUT2D eigenvalue weighted by Crippen LogP contribution is 2.31. The summed E-state index contributed by atoms with van der Waals surface area (Å²) in [5, 5.41) is 22.6. The third-order valence-electron chi connectivity index (χ3n) is 3.23.